The molecule has 0 heterocycles. The number of carbonyl (C=O) groups is 1. The van der Waals surface area contributed by atoms with Gasteiger partial charge in [0.15, 0.2) is 0 Å². The molecular weight excluding hydrogens is 351 g/mol. The Morgan fingerprint density at radius 2 is 1.48 bits per heavy atom. The van der Waals surface area contributed by atoms with Gasteiger partial charge in [0.1, 0.15) is 6.17 Å². The van der Waals surface area contributed by atoms with Crippen LogP contribution < -0.4 is 10.6 Å². The third-order valence-electron chi connectivity index (χ3n) is 2.87. The lowest BCUT2D eigenvalue weighted by molar-refractivity contribution is -0.00749. The maximum atomic E-state index is 13.3. The van der Waals surface area contributed by atoms with E-state index in [0.717, 1.165) is 18.3 Å². The van der Waals surface area contributed by atoms with Gasteiger partial charge in [-0.25, -0.2) is 4.39 Å². The van der Waals surface area contributed by atoms with E-state index in [4.69, 9.17) is 18.9 Å². The largest absolute Gasteiger partial charge is 0.378 e. The van der Waals surface area contributed by atoms with Crippen LogP contribution in [0.3, 0.4) is 0 Å². The fraction of sp³-hybridized carbons (Fsp3) is 0.938. The topological polar surface area (TPSA) is 78.1 Å². The van der Waals surface area contributed by atoms with Crippen LogP contribution in [0.2, 0.25) is 0 Å². The van der Waals surface area contributed by atoms with Crippen LogP contribution in [0.5, 0.6) is 0 Å². The Balaban J connectivity index is 3.15. The summed E-state index contributed by atoms with van der Waals surface area (Å²) >= 11 is 1.02. The normalized spacial score (nSPS) is 12.5. The van der Waals surface area contributed by atoms with Gasteiger partial charge in [-0.15, -0.1) is 0 Å². The molecule has 0 aromatic carbocycles. The van der Waals surface area contributed by atoms with Crippen LogP contribution in [0, 0.1) is 0 Å². The number of hydrogen-bond donors (Lipinski definition) is 2. The van der Waals surface area contributed by atoms with Crippen molar-refractivity contribution >= 4 is 17.0 Å². The number of thioether (sulfide) groups is 1. The van der Waals surface area contributed by atoms with Crippen molar-refractivity contribution in [1.29, 1.82) is 0 Å². The van der Waals surface area contributed by atoms with Gasteiger partial charge in [0.25, 0.3) is 5.24 Å². The molecule has 0 bridgehead atoms. The van der Waals surface area contributed by atoms with Gasteiger partial charge < -0.3 is 29.6 Å². The van der Waals surface area contributed by atoms with Crippen molar-refractivity contribution in [2.75, 3.05) is 72.2 Å². The molecule has 0 aromatic rings. The van der Waals surface area contributed by atoms with Gasteiger partial charge in [-0.3, -0.25) is 4.79 Å². The second-order valence-electron chi connectivity index (χ2n) is 5.49. The summed E-state index contributed by atoms with van der Waals surface area (Å²) in [4.78, 5) is 10.9. The molecular formula is C16H33FN2O5S. The molecule has 0 radical (unpaired) electrons. The quantitative estimate of drug-likeness (QED) is 0.368. The van der Waals surface area contributed by atoms with Crippen molar-refractivity contribution in [2.24, 2.45) is 0 Å². The van der Waals surface area contributed by atoms with E-state index in [1.807, 2.05) is 0 Å². The first-order valence-corrected chi connectivity index (χ1v) is 9.79. The van der Waals surface area contributed by atoms with Crippen molar-refractivity contribution in [1.82, 2.24) is 10.6 Å². The van der Waals surface area contributed by atoms with E-state index in [2.05, 4.69) is 24.5 Å². The van der Waals surface area contributed by atoms with Gasteiger partial charge in [-0.1, -0.05) is 25.6 Å². The zero-order valence-corrected chi connectivity index (χ0v) is 16.4. The molecule has 25 heavy (non-hydrogen) atoms. The monoisotopic (exact) mass is 384 g/mol. The van der Waals surface area contributed by atoms with Crippen LogP contribution in [-0.4, -0.2) is 89.7 Å². The molecule has 9 heteroatoms. The Morgan fingerprint density at radius 3 is 2.00 bits per heavy atom. The highest BCUT2D eigenvalue weighted by atomic mass is 32.2. The van der Waals surface area contributed by atoms with E-state index < -0.39 is 6.17 Å². The molecule has 150 valence electrons. The summed E-state index contributed by atoms with van der Waals surface area (Å²) in [6.07, 6.45) is 0.425. The molecule has 1 atom stereocenters. The highest BCUT2D eigenvalue weighted by Crippen LogP contribution is 1.95. The Bertz CT molecular complexity index is 314. The van der Waals surface area contributed by atoms with E-state index in [1.54, 1.807) is 6.26 Å². The van der Waals surface area contributed by atoms with Crippen LogP contribution in [0.1, 0.15) is 13.8 Å². The Morgan fingerprint density at radius 1 is 0.960 bits per heavy atom. The number of nitrogens with one attached hydrogen (secondary N) is 2. The molecule has 0 saturated heterocycles. The van der Waals surface area contributed by atoms with Crippen molar-refractivity contribution in [3.05, 3.63) is 0 Å². The zero-order chi connectivity index (χ0) is 18.8. The summed E-state index contributed by atoms with van der Waals surface area (Å²) in [5.41, 5.74) is 0. The van der Waals surface area contributed by atoms with E-state index in [1.165, 1.54) is 0 Å². The van der Waals surface area contributed by atoms with E-state index in [9.17, 15) is 9.18 Å². The molecule has 2 N–H and O–H groups in total. The maximum absolute atomic E-state index is 13.3. The summed E-state index contributed by atoms with van der Waals surface area (Å²) in [7, 11) is 0. The smallest absolute Gasteiger partial charge is 0.278 e. The highest BCUT2D eigenvalue weighted by molar-refractivity contribution is 8.12. The molecule has 0 fully saturated rings. The van der Waals surface area contributed by atoms with E-state index in [0.29, 0.717) is 52.3 Å². The summed E-state index contributed by atoms with van der Waals surface area (Å²) < 4.78 is 34.5. The lowest BCUT2D eigenvalue weighted by Gasteiger charge is -2.10. The van der Waals surface area contributed by atoms with Crippen LogP contribution in [0.4, 0.5) is 9.18 Å². The lowest BCUT2D eigenvalue weighted by atomic mass is 10.4. The van der Waals surface area contributed by atoms with Crippen LogP contribution in [-0.2, 0) is 18.9 Å². The molecule has 0 aliphatic rings. The SMILES string of the molecule is CSC(=O)NCC(F)COCCOCCOCCOCCNC(C)C. The zero-order valence-electron chi connectivity index (χ0n) is 15.6. The first-order chi connectivity index (χ1) is 12.1. The predicted octanol–water partition coefficient (Wildman–Crippen LogP) is 1.46. The molecule has 0 saturated carbocycles. The van der Waals surface area contributed by atoms with E-state index >= 15 is 0 Å². The molecule has 1 unspecified atom stereocenters. The molecule has 0 aliphatic heterocycles. The molecule has 7 nitrogen and oxygen atoms in total. The summed E-state index contributed by atoms with van der Waals surface area (Å²) in [6, 6.07) is 0.470. The fourth-order valence-corrected chi connectivity index (χ4v) is 1.84. The first-order valence-electron chi connectivity index (χ1n) is 8.56. The number of ether oxygens (including phenoxy) is 4. The summed E-state index contributed by atoms with van der Waals surface area (Å²) in [5.74, 6) is 0. The maximum Gasteiger partial charge on any atom is 0.278 e. The molecule has 1 amide bonds. The number of halogens is 1. The van der Waals surface area contributed by atoms with Gasteiger partial charge in [0, 0.05) is 12.6 Å². The first kappa shape index (κ1) is 24.6. The minimum absolute atomic E-state index is 0.0377. The molecule has 0 rings (SSSR count). The average molecular weight is 385 g/mol. The molecule has 0 aromatic heterocycles. The van der Waals surface area contributed by atoms with Gasteiger partial charge >= 0.3 is 0 Å². The van der Waals surface area contributed by atoms with E-state index in [-0.39, 0.29) is 18.4 Å². The summed E-state index contributed by atoms with van der Waals surface area (Å²) in [5, 5.41) is 5.46. The molecule has 0 aliphatic carbocycles. The van der Waals surface area contributed by atoms with Crippen molar-refractivity contribution in [3.63, 3.8) is 0 Å². The number of amides is 1. The summed E-state index contributed by atoms with van der Waals surface area (Å²) in [6.45, 7) is 8.33. The van der Waals surface area contributed by atoms with Crippen LogP contribution in [0.25, 0.3) is 0 Å². The lowest BCUT2D eigenvalue weighted by Crippen LogP contribution is -2.30. The van der Waals surface area contributed by atoms with Crippen LogP contribution >= 0.6 is 11.8 Å². The fourth-order valence-electron chi connectivity index (χ4n) is 1.62. The van der Waals surface area contributed by atoms with Crippen molar-refractivity contribution in [3.8, 4) is 0 Å². The highest BCUT2D eigenvalue weighted by Gasteiger charge is 2.08. The Kier molecular flexibility index (Phi) is 18.0. The third-order valence-corrected chi connectivity index (χ3v) is 3.38. The minimum atomic E-state index is -1.21. The predicted molar refractivity (Wildman–Crippen MR) is 98.2 cm³/mol. The van der Waals surface area contributed by atoms with Crippen molar-refractivity contribution in [2.45, 2.75) is 26.1 Å². The Hall–Kier alpha value is -0.450. The van der Waals surface area contributed by atoms with Gasteiger partial charge in [0.05, 0.1) is 59.4 Å². The van der Waals surface area contributed by atoms with Gasteiger partial charge in [-0.05, 0) is 6.26 Å². The minimum Gasteiger partial charge on any atom is -0.378 e. The van der Waals surface area contributed by atoms with Gasteiger partial charge in [-0.2, -0.15) is 0 Å². The van der Waals surface area contributed by atoms with Crippen LogP contribution in [0.15, 0.2) is 0 Å². The average Bonchev–Trinajstić information content (AvgIpc) is 2.59. The Labute approximate surface area is 154 Å². The van der Waals surface area contributed by atoms with Crippen molar-refractivity contribution < 1.29 is 28.1 Å². The number of rotatable bonds is 17. The number of hydrogen-bond acceptors (Lipinski definition) is 7. The number of alkyl halides is 1. The standard InChI is InChI=1S/C16H33FN2O5S/c1-14(2)18-4-5-21-6-7-22-8-9-23-10-11-24-13-15(17)12-19-16(20)25-3/h14-15,18H,4-13H2,1-3H3,(H,19,20). The third kappa shape index (κ3) is 19.7. The number of carbonyl (C=O) groups excluding carboxylic acids is 1. The second kappa shape index (κ2) is 18.3. The second-order valence-corrected chi connectivity index (χ2v) is 6.27. The van der Waals surface area contributed by atoms with Gasteiger partial charge in [0.2, 0.25) is 0 Å². The molecule has 0 spiro atoms.